The minimum Gasteiger partial charge on any atom is -0.497 e. The van der Waals surface area contributed by atoms with E-state index in [1.807, 2.05) is 41.2 Å². The number of hydrogen-bond donors (Lipinski definition) is 0. The fourth-order valence-electron chi connectivity index (χ4n) is 3.61. The number of benzene rings is 3. The van der Waals surface area contributed by atoms with Crippen LogP contribution in [0.15, 0.2) is 77.4 Å². The quantitative estimate of drug-likeness (QED) is 0.327. The summed E-state index contributed by atoms with van der Waals surface area (Å²) in [5.41, 5.74) is 6.10. The molecular weight excluding hydrogens is 426 g/mol. The van der Waals surface area contributed by atoms with Crippen LogP contribution >= 0.6 is 15.9 Å². The molecule has 2 heterocycles. The van der Waals surface area contributed by atoms with Crippen molar-refractivity contribution in [2.75, 3.05) is 7.11 Å². The molecule has 5 aromatic rings. The molecule has 0 bridgehead atoms. The van der Waals surface area contributed by atoms with E-state index >= 15 is 0 Å². The van der Waals surface area contributed by atoms with Gasteiger partial charge in [0.05, 0.1) is 23.8 Å². The number of pyridine rings is 1. The third-order valence-electron chi connectivity index (χ3n) is 5.09. The molecule has 2 aromatic heterocycles. The molecule has 0 aliphatic heterocycles. The average Bonchev–Trinajstić information content (AvgIpc) is 3.14. The zero-order valence-corrected chi connectivity index (χ0v) is 17.6. The lowest BCUT2D eigenvalue weighted by atomic mass is 10.1. The smallest absolute Gasteiger partial charge is 0.119 e. The Kier molecular flexibility index (Phi) is 4.32. The predicted octanol–water partition coefficient (Wildman–Crippen LogP) is 6.32. The number of fused-ring (bicyclic) bond motifs is 3. The highest BCUT2D eigenvalue weighted by atomic mass is 79.9. The topological polar surface area (TPSA) is 39.9 Å². The summed E-state index contributed by atoms with van der Waals surface area (Å²) in [6.07, 6.45) is 1.91. The molecule has 3 aromatic carbocycles. The van der Waals surface area contributed by atoms with Crippen LogP contribution in [0.2, 0.25) is 0 Å². The molecule has 0 N–H and O–H groups in total. The molecule has 0 aliphatic carbocycles. The molecule has 0 atom stereocenters. The van der Waals surface area contributed by atoms with Gasteiger partial charge >= 0.3 is 0 Å². The molecule has 0 saturated carbocycles. The Morgan fingerprint density at radius 1 is 0.931 bits per heavy atom. The van der Waals surface area contributed by atoms with E-state index in [2.05, 4.69) is 59.3 Å². The van der Waals surface area contributed by atoms with E-state index in [4.69, 9.17) is 14.8 Å². The summed E-state index contributed by atoms with van der Waals surface area (Å²) in [6.45, 7) is 2.09. The van der Waals surface area contributed by atoms with E-state index < -0.39 is 0 Å². The van der Waals surface area contributed by atoms with Crippen LogP contribution in [-0.2, 0) is 0 Å². The van der Waals surface area contributed by atoms with E-state index in [1.54, 1.807) is 7.11 Å². The Balaban J connectivity index is 1.90. The Morgan fingerprint density at radius 3 is 2.52 bits per heavy atom. The summed E-state index contributed by atoms with van der Waals surface area (Å²) >= 11 is 3.58. The van der Waals surface area contributed by atoms with Crippen molar-refractivity contribution in [2.45, 2.75) is 6.92 Å². The Hall–Kier alpha value is -3.18. The van der Waals surface area contributed by atoms with E-state index in [9.17, 15) is 0 Å². The first-order valence-electron chi connectivity index (χ1n) is 9.32. The highest BCUT2D eigenvalue weighted by Crippen LogP contribution is 2.35. The third kappa shape index (κ3) is 3.08. The van der Waals surface area contributed by atoms with Gasteiger partial charge in [-0.25, -0.2) is 4.68 Å². The summed E-state index contributed by atoms with van der Waals surface area (Å²) in [4.78, 5) is 4.69. The van der Waals surface area contributed by atoms with Crippen molar-refractivity contribution >= 4 is 37.7 Å². The number of aromatic nitrogens is 3. The van der Waals surface area contributed by atoms with Crippen molar-refractivity contribution in [2.24, 2.45) is 0 Å². The van der Waals surface area contributed by atoms with Crippen molar-refractivity contribution in [1.82, 2.24) is 14.8 Å². The van der Waals surface area contributed by atoms with E-state index in [0.717, 1.165) is 49.0 Å². The first-order chi connectivity index (χ1) is 14.1. The van der Waals surface area contributed by atoms with Gasteiger partial charge in [-0.2, -0.15) is 5.10 Å². The van der Waals surface area contributed by atoms with Crippen molar-refractivity contribution in [3.8, 4) is 22.7 Å². The van der Waals surface area contributed by atoms with Gasteiger partial charge in [0, 0.05) is 27.0 Å². The van der Waals surface area contributed by atoms with Crippen LogP contribution in [0.4, 0.5) is 0 Å². The Bertz CT molecular complexity index is 1360. The number of aryl methyl sites for hydroxylation is 1. The summed E-state index contributed by atoms with van der Waals surface area (Å²) in [5.74, 6) is 0.799. The maximum atomic E-state index is 5.48. The minimum atomic E-state index is 0.799. The van der Waals surface area contributed by atoms with Crippen LogP contribution in [0, 0.1) is 6.92 Å². The molecule has 0 radical (unpaired) electrons. The van der Waals surface area contributed by atoms with Gasteiger partial charge in [0.25, 0.3) is 0 Å². The van der Waals surface area contributed by atoms with Gasteiger partial charge in [0.2, 0.25) is 0 Å². The predicted molar refractivity (Wildman–Crippen MR) is 121 cm³/mol. The van der Waals surface area contributed by atoms with Gasteiger partial charge in [-0.3, -0.25) is 4.98 Å². The lowest BCUT2D eigenvalue weighted by molar-refractivity contribution is 0.415. The molecule has 29 heavy (non-hydrogen) atoms. The molecule has 0 amide bonds. The maximum Gasteiger partial charge on any atom is 0.119 e. The largest absolute Gasteiger partial charge is 0.497 e. The molecule has 5 heteroatoms. The number of ether oxygens (including phenoxy) is 1. The van der Waals surface area contributed by atoms with Gasteiger partial charge in [-0.15, -0.1) is 0 Å². The monoisotopic (exact) mass is 443 g/mol. The van der Waals surface area contributed by atoms with Crippen molar-refractivity contribution in [1.29, 1.82) is 0 Å². The van der Waals surface area contributed by atoms with E-state index in [-0.39, 0.29) is 0 Å². The van der Waals surface area contributed by atoms with Gasteiger partial charge in [-0.1, -0.05) is 45.8 Å². The highest BCUT2D eigenvalue weighted by molar-refractivity contribution is 9.10. The van der Waals surface area contributed by atoms with Crippen molar-refractivity contribution in [3.63, 3.8) is 0 Å². The van der Waals surface area contributed by atoms with E-state index in [1.165, 1.54) is 5.56 Å². The summed E-state index contributed by atoms with van der Waals surface area (Å²) in [5, 5.41) is 7.04. The second-order valence-electron chi connectivity index (χ2n) is 7.01. The SMILES string of the molecule is COc1ccc2ncc3c(-c4cccc(Br)c4)nn(-c4ccc(C)cc4)c3c2c1. The van der Waals surface area contributed by atoms with Gasteiger partial charge < -0.3 is 4.74 Å². The zero-order chi connectivity index (χ0) is 20.0. The summed E-state index contributed by atoms with van der Waals surface area (Å²) in [7, 11) is 1.68. The molecule has 5 rings (SSSR count). The number of nitrogens with zero attached hydrogens (tertiary/aromatic N) is 3. The van der Waals surface area contributed by atoms with E-state index in [0.29, 0.717) is 0 Å². The lowest BCUT2D eigenvalue weighted by Gasteiger charge is -2.07. The first kappa shape index (κ1) is 17.9. The number of halogens is 1. The van der Waals surface area contributed by atoms with Crippen LogP contribution in [-0.4, -0.2) is 21.9 Å². The molecule has 0 unspecified atom stereocenters. The Morgan fingerprint density at radius 2 is 1.76 bits per heavy atom. The van der Waals surface area contributed by atoms with Crippen LogP contribution in [0.25, 0.3) is 38.8 Å². The van der Waals surface area contributed by atoms with Crippen LogP contribution in [0.3, 0.4) is 0 Å². The standard InChI is InChI=1S/C24H18BrN3O/c1-15-6-8-18(9-7-15)28-24-20-13-19(29-2)10-11-22(20)26-14-21(24)23(27-28)16-4-3-5-17(25)12-16/h3-14H,1-2H3. The van der Waals surface area contributed by atoms with Crippen LogP contribution in [0.5, 0.6) is 5.75 Å². The molecule has 0 aliphatic rings. The first-order valence-corrected chi connectivity index (χ1v) is 10.1. The highest BCUT2D eigenvalue weighted by Gasteiger charge is 2.17. The van der Waals surface area contributed by atoms with Crippen molar-refractivity contribution in [3.05, 3.63) is 83.0 Å². The fraction of sp³-hybridized carbons (Fsp3) is 0.0833. The average molecular weight is 444 g/mol. The van der Waals surface area contributed by atoms with Crippen molar-refractivity contribution < 1.29 is 4.74 Å². The molecule has 0 spiro atoms. The second kappa shape index (κ2) is 7.01. The molecule has 0 saturated heterocycles. The number of rotatable bonds is 3. The molecular formula is C24H18BrN3O. The minimum absolute atomic E-state index is 0.799. The molecule has 0 fully saturated rings. The Labute approximate surface area is 176 Å². The second-order valence-corrected chi connectivity index (χ2v) is 7.93. The summed E-state index contributed by atoms with van der Waals surface area (Å²) in [6, 6.07) is 22.5. The fourth-order valence-corrected chi connectivity index (χ4v) is 4.01. The van der Waals surface area contributed by atoms with Crippen LogP contribution in [0.1, 0.15) is 5.56 Å². The lowest BCUT2D eigenvalue weighted by Crippen LogP contribution is -1.97. The zero-order valence-electron chi connectivity index (χ0n) is 16.1. The maximum absolute atomic E-state index is 5.48. The third-order valence-corrected chi connectivity index (χ3v) is 5.58. The van der Waals surface area contributed by atoms with Gasteiger partial charge in [-0.05, 0) is 49.4 Å². The van der Waals surface area contributed by atoms with Gasteiger partial charge in [0.15, 0.2) is 0 Å². The van der Waals surface area contributed by atoms with Gasteiger partial charge in [0.1, 0.15) is 11.4 Å². The number of hydrogen-bond acceptors (Lipinski definition) is 3. The molecule has 4 nitrogen and oxygen atoms in total. The van der Waals surface area contributed by atoms with Crippen LogP contribution < -0.4 is 4.74 Å². The molecule has 142 valence electrons. The normalized spacial score (nSPS) is 11.3. The number of methoxy groups -OCH3 is 1. The summed E-state index contributed by atoms with van der Waals surface area (Å²) < 4.78 is 8.50.